The SMILES string of the molecule is CN1CCN(CCN2CCc3ccc(N)cc3C2)CC1. The van der Waals surface area contributed by atoms with Gasteiger partial charge in [0.05, 0.1) is 0 Å². The molecular formula is C16H26N4. The molecule has 1 fully saturated rings. The summed E-state index contributed by atoms with van der Waals surface area (Å²) in [6, 6.07) is 6.37. The van der Waals surface area contributed by atoms with Crippen molar-refractivity contribution in [2.75, 3.05) is 58.6 Å². The average molecular weight is 274 g/mol. The van der Waals surface area contributed by atoms with E-state index >= 15 is 0 Å². The smallest absolute Gasteiger partial charge is 0.0317 e. The van der Waals surface area contributed by atoms with Crippen LogP contribution in [-0.4, -0.2) is 67.6 Å². The van der Waals surface area contributed by atoms with Crippen molar-refractivity contribution in [2.45, 2.75) is 13.0 Å². The van der Waals surface area contributed by atoms with Crippen molar-refractivity contribution in [1.29, 1.82) is 0 Å². The van der Waals surface area contributed by atoms with Crippen molar-refractivity contribution in [2.24, 2.45) is 0 Å². The van der Waals surface area contributed by atoms with E-state index in [1.165, 1.54) is 63.4 Å². The van der Waals surface area contributed by atoms with Crippen LogP contribution in [-0.2, 0) is 13.0 Å². The molecule has 0 spiro atoms. The maximum absolute atomic E-state index is 5.90. The summed E-state index contributed by atoms with van der Waals surface area (Å²) in [5, 5.41) is 0. The monoisotopic (exact) mass is 274 g/mol. The van der Waals surface area contributed by atoms with E-state index in [0.717, 1.165) is 12.2 Å². The Morgan fingerprint density at radius 1 is 0.950 bits per heavy atom. The summed E-state index contributed by atoms with van der Waals surface area (Å²) >= 11 is 0. The van der Waals surface area contributed by atoms with Crippen LogP contribution in [0.3, 0.4) is 0 Å². The number of likely N-dealkylation sites (N-methyl/N-ethyl adjacent to an activating group) is 1. The Balaban J connectivity index is 1.50. The molecule has 0 saturated carbocycles. The van der Waals surface area contributed by atoms with Crippen molar-refractivity contribution in [1.82, 2.24) is 14.7 Å². The molecule has 3 rings (SSSR count). The van der Waals surface area contributed by atoms with E-state index in [1.807, 2.05) is 6.07 Å². The second-order valence-corrected chi connectivity index (χ2v) is 6.20. The Morgan fingerprint density at radius 3 is 2.50 bits per heavy atom. The van der Waals surface area contributed by atoms with Gasteiger partial charge >= 0.3 is 0 Å². The molecule has 0 unspecified atom stereocenters. The van der Waals surface area contributed by atoms with Crippen LogP contribution in [0.1, 0.15) is 11.1 Å². The molecule has 0 amide bonds. The van der Waals surface area contributed by atoms with Gasteiger partial charge in [-0.05, 0) is 36.7 Å². The molecule has 1 aromatic carbocycles. The van der Waals surface area contributed by atoms with Gasteiger partial charge in [0.1, 0.15) is 0 Å². The number of nitrogens with two attached hydrogens (primary N) is 1. The van der Waals surface area contributed by atoms with Crippen molar-refractivity contribution >= 4 is 5.69 Å². The molecule has 4 heteroatoms. The lowest BCUT2D eigenvalue weighted by molar-refractivity contribution is 0.131. The lowest BCUT2D eigenvalue weighted by Gasteiger charge is -2.35. The zero-order chi connectivity index (χ0) is 13.9. The maximum atomic E-state index is 5.90. The van der Waals surface area contributed by atoms with Gasteiger partial charge in [0.25, 0.3) is 0 Å². The summed E-state index contributed by atoms with van der Waals surface area (Å²) in [5.74, 6) is 0. The molecule has 2 aliphatic heterocycles. The first-order chi connectivity index (χ1) is 9.70. The van der Waals surface area contributed by atoms with Gasteiger partial charge in [0.15, 0.2) is 0 Å². The zero-order valence-corrected chi connectivity index (χ0v) is 12.5. The molecule has 0 aromatic heterocycles. The lowest BCUT2D eigenvalue weighted by Crippen LogP contribution is -2.47. The predicted octanol–water partition coefficient (Wildman–Crippen LogP) is 0.874. The van der Waals surface area contributed by atoms with Gasteiger partial charge in [-0.2, -0.15) is 0 Å². The Hall–Kier alpha value is -1.10. The summed E-state index contributed by atoms with van der Waals surface area (Å²) < 4.78 is 0. The minimum absolute atomic E-state index is 0.893. The molecule has 2 heterocycles. The molecule has 0 bridgehead atoms. The fraction of sp³-hybridized carbons (Fsp3) is 0.625. The van der Waals surface area contributed by atoms with Crippen LogP contribution in [0, 0.1) is 0 Å². The summed E-state index contributed by atoms with van der Waals surface area (Å²) in [4.78, 5) is 7.57. The molecule has 0 radical (unpaired) electrons. The fourth-order valence-electron chi connectivity index (χ4n) is 3.18. The number of hydrogen-bond donors (Lipinski definition) is 1. The largest absolute Gasteiger partial charge is 0.399 e. The van der Waals surface area contributed by atoms with Gasteiger partial charge in [-0.3, -0.25) is 9.80 Å². The summed E-state index contributed by atoms with van der Waals surface area (Å²) in [6.07, 6.45) is 1.17. The Bertz CT molecular complexity index is 452. The average Bonchev–Trinajstić information content (AvgIpc) is 2.46. The van der Waals surface area contributed by atoms with E-state index < -0.39 is 0 Å². The van der Waals surface area contributed by atoms with Crippen LogP contribution in [0.2, 0.25) is 0 Å². The molecule has 110 valence electrons. The first-order valence-corrected chi connectivity index (χ1v) is 7.71. The van der Waals surface area contributed by atoms with Gasteiger partial charge in [0, 0.05) is 58.0 Å². The Morgan fingerprint density at radius 2 is 1.70 bits per heavy atom. The lowest BCUT2D eigenvalue weighted by atomic mass is 9.99. The highest BCUT2D eigenvalue weighted by Gasteiger charge is 2.18. The topological polar surface area (TPSA) is 35.7 Å². The Kier molecular flexibility index (Phi) is 4.24. The molecule has 2 aliphatic rings. The van der Waals surface area contributed by atoms with E-state index in [0.29, 0.717) is 0 Å². The predicted molar refractivity (Wildman–Crippen MR) is 83.8 cm³/mol. The minimum Gasteiger partial charge on any atom is -0.399 e. The third kappa shape index (κ3) is 3.32. The minimum atomic E-state index is 0.893. The van der Waals surface area contributed by atoms with Crippen LogP contribution < -0.4 is 5.73 Å². The van der Waals surface area contributed by atoms with Crippen molar-refractivity contribution in [3.63, 3.8) is 0 Å². The van der Waals surface area contributed by atoms with Crippen molar-refractivity contribution < 1.29 is 0 Å². The van der Waals surface area contributed by atoms with Gasteiger partial charge in [-0.25, -0.2) is 0 Å². The van der Waals surface area contributed by atoms with Crippen LogP contribution >= 0.6 is 0 Å². The summed E-state index contributed by atoms with van der Waals surface area (Å²) in [7, 11) is 2.21. The zero-order valence-electron chi connectivity index (χ0n) is 12.5. The third-order valence-corrected chi connectivity index (χ3v) is 4.65. The van der Waals surface area contributed by atoms with E-state index in [1.54, 1.807) is 0 Å². The highest BCUT2D eigenvalue weighted by atomic mass is 15.3. The first-order valence-electron chi connectivity index (χ1n) is 7.71. The molecular weight excluding hydrogens is 248 g/mol. The fourth-order valence-corrected chi connectivity index (χ4v) is 3.18. The highest BCUT2D eigenvalue weighted by molar-refractivity contribution is 5.45. The van der Waals surface area contributed by atoms with Crippen LogP contribution in [0.25, 0.3) is 0 Å². The third-order valence-electron chi connectivity index (χ3n) is 4.65. The second kappa shape index (κ2) is 6.12. The van der Waals surface area contributed by atoms with Crippen molar-refractivity contribution in [3.8, 4) is 0 Å². The maximum Gasteiger partial charge on any atom is 0.0317 e. The van der Waals surface area contributed by atoms with Gasteiger partial charge in [-0.1, -0.05) is 6.07 Å². The number of piperazine rings is 1. The summed E-state index contributed by atoms with van der Waals surface area (Å²) in [6.45, 7) is 9.47. The Labute approximate surface area is 122 Å². The molecule has 1 saturated heterocycles. The van der Waals surface area contributed by atoms with E-state index in [-0.39, 0.29) is 0 Å². The number of nitrogen functional groups attached to an aromatic ring is 1. The first kappa shape index (κ1) is 13.9. The van der Waals surface area contributed by atoms with Gasteiger partial charge in [-0.15, -0.1) is 0 Å². The molecule has 0 aliphatic carbocycles. The van der Waals surface area contributed by atoms with E-state index in [2.05, 4.69) is 33.9 Å². The second-order valence-electron chi connectivity index (χ2n) is 6.20. The van der Waals surface area contributed by atoms with Crippen LogP contribution in [0.15, 0.2) is 18.2 Å². The highest BCUT2D eigenvalue weighted by Crippen LogP contribution is 2.21. The molecule has 0 atom stereocenters. The van der Waals surface area contributed by atoms with E-state index in [9.17, 15) is 0 Å². The number of fused-ring (bicyclic) bond motifs is 1. The van der Waals surface area contributed by atoms with Crippen LogP contribution in [0.5, 0.6) is 0 Å². The standard InChI is InChI=1S/C16H26N4/c1-18-6-8-19(9-7-18)10-11-20-5-4-14-2-3-16(17)12-15(14)13-20/h2-3,12H,4-11,13,17H2,1H3. The van der Waals surface area contributed by atoms with Gasteiger partial charge < -0.3 is 10.6 Å². The number of anilines is 1. The number of hydrogen-bond acceptors (Lipinski definition) is 4. The number of nitrogens with zero attached hydrogens (tertiary/aromatic N) is 3. The normalized spacial score (nSPS) is 21.9. The van der Waals surface area contributed by atoms with Crippen LogP contribution in [0.4, 0.5) is 5.69 Å². The van der Waals surface area contributed by atoms with Gasteiger partial charge in [0.2, 0.25) is 0 Å². The quantitative estimate of drug-likeness (QED) is 0.830. The molecule has 20 heavy (non-hydrogen) atoms. The number of rotatable bonds is 3. The molecule has 2 N–H and O–H groups in total. The van der Waals surface area contributed by atoms with E-state index in [4.69, 9.17) is 5.73 Å². The number of benzene rings is 1. The molecule has 4 nitrogen and oxygen atoms in total. The summed E-state index contributed by atoms with van der Waals surface area (Å²) in [5.41, 5.74) is 9.70. The molecule has 1 aromatic rings. The van der Waals surface area contributed by atoms with Crippen molar-refractivity contribution in [3.05, 3.63) is 29.3 Å².